The van der Waals surface area contributed by atoms with E-state index >= 15 is 0 Å². The lowest BCUT2D eigenvalue weighted by molar-refractivity contribution is -0.192. The summed E-state index contributed by atoms with van der Waals surface area (Å²) >= 11 is 13.4. The lowest BCUT2D eigenvalue weighted by atomic mass is 9.99. The number of piperidine rings is 1. The number of carboxylic acids is 1. The van der Waals surface area contributed by atoms with Crippen LogP contribution in [0.25, 0.3) is 22.6 Å². The zero-order chi connectivity index (χ0) is 32.0. The van der Waals surface area contributed by atoms with E-state index in [-0.39, 0.29) is 6.54 Å². The summed E-state index contributed by atoms with van der Waals surface area (Å²) < 4.78 is 66.2. The first-order chi connectivity index (χ1) is 20.9. The van der Waals surface area contributed by atoms with E-state index in [0.717, 1.165) is 38.1 Å². The Morgan fingerprint density at radius 3 is 2.45 bits per heavy atom. The predicted molar refractivity (Wildman–Crippen MR) is 155 cm³/mol. The summed E-state index contributed by atoms with van der Waals surface area (Å²) in [4.78, 5) is 22.8. The molecule has 1 fully saturated rings. The molecular formula is C28H27Cl2F5N6O3. The molecule has 236 valence electrons. The molecule has 1 aliphatic rings. The fraction of sp³-hybridized carbons (Fsp3) is 0.357. The molecule has 1 atom stereocenters. The molecule has 5 rings (SSSR count). The smallest absolute Gasteiger partial charge is 0.490 e. The van der Waals surface area contributed by atoms with E-state index < -0.39 is 23.8 Å². The number of anilines is 1. The van der Waals surface area contributed by atoms with Gasteiger partial charge in [-0.25, -0.2) is 23.5 Å². The quantitative estimate of drug-likeness (QED) is 0.179. The molecule has 0 saturated carbocycles. The third kappa shape index (κ3) is 8.24. The third-order valence-electron chi connectivity index (χ3n) is 6.55. The van der Waals surface area contributed by atoms with Crippen molar-refractivity contribution in [3.05, 3.63) is 63.8 Å². The number of aromatic nitrogens is 4. The van der Waals surface area contributed by atoms with Crippen LogP contribution in [0.3, 0.4) is 0 Å². The van der Waals surface area contributed by atoms with Crippen molar-refractivity contribution in [2.45, 2.75) is 39.0 Å². The topological polar surface area (TPSA) is 114 Å². The largest absolute Gasteiger partial charge is 0.494 e. The molecule has 0 unspecified atom stereocenters. The van der Waals surface area contributed by atoms with Crippen LogP contribution in [-0.4, -0.2) is 56.5 Å². The molecule has 1 saturated heterocycles. The SMILES string of the molecule is CCOc1cc(Cl)c(-c2nc3cnc(NCc4ccc(F)c(F)c4)nc3n2C[C@@H]2CCCNC2)c(Cl)c1.O=C(O)C(F)(F)F. The van der Waals surface area contributed by atoms with Crippen molar-refractivity contribution in [1.82, 2.24) is 24.8 Å². The van der Waals surface area contributed by atoms with Gasteiger partial charge in [0.2, 0.25) is 5.95 Å². The van der Waals surface area contributed by atoms with Crippen LogP contribution in [0.15, 0.2) is 36.5 Å². The van der Waals surface area contributed by atoms with Gasteiger partial charge in [-0.05, 0) is 68.6 Å². The van der Waals surface area contributed by atoms with E-state index in [9.17, 15) is 22.0 Å². The number of alkyl halides is 3. The van der Waals surface area contributed by atoms with Gasteiger partial charge in [0.05, 0.1) is 28.4 Å². The van der Waals surface area contributed by atoms with Crippen LogP contribution in [0.2, 0.25) is 10.0 Å². The van der Waals surface area contributed by atoms with Crippen LogP contribution < -0.4 is 15.4 Å². The number of nitrogens with one attached hydrogen (secondary N) is 2. The molecule has 44 heavy (non-hydrogen) atoms. The third-order valence-corrected chi connectivity index (χ3v) is 7.15. The highest BCUT2D eigenvalue weighted by Crippen LogP contribution is 2.39. The Hall–Kier alpha value is -3.75. The molecular weight excluding hydrogens is 634 g/mol. The summed E-state index contributed by atoms with van der Waals surface area (Å²) in [5, 5.41) is 14.5. The van der Waals surface area contributed by atoms with Crippen LogP contribution in [0.5, 0.6) is 5.75 Å². The number of benzene rings is 2. The minimum absolute atomic E-state index is 0.229. The lowest BCUT2D eigenvalue weighted by Crippen LogP contribution is -2.32. The molecule has 2 aromatic carbocycles. The average molecular weight is 661 g/mol. The van der Waals surface area contributed by atoms with Crippen LogP contribution in [0, 0.1) is 17.6 Å². The van der Waals surface area contributed by atoms with E-state index in [1.807, 2.05) is 11.5 Å². The molecule has 0 bridgehead atoms. The van der Waals surface area contributed by atoms with Crippen molar-refractivity contribution in [3.8, 4) is 17.1 Å². The summed E-state index contributed by atoms with van der Waals surface area (Å²) in [5.74, 6) is -2.64. The summed E-state index contributed by atoms with van der Waals surface area (Å²) in [5.41, 5.74) is 2.39. The number of rotatable bonds is 8. The molecule has 0 amide bonds. The van der Waals surface area contributed by atoms with Crippen molar-refractivity contribution in [3.63, 3.8) is 0 Å². The van der Waals surface area contributed by atoms with Gasteiger partial charge in [-0.3, -0.25) is 0 Å². The van der Waals surface area contributed by atoms with E-state index in [2.05, 4.69) is 15.6 Å². The predicted octanol–water partition coefficient (Wildman–Crippen LogP) is 6.72. The van der Waals surface area contributed by atoms with E-state index in [1.54, 1.807) is 18.3 Å². The van der Waals surface area contributed by atoms with Gasteiger partial charge in [0.1, 0.15) is 17.1 Å². The van der Waals surface area contributed by atoms with Gasteiger partial charge in [-0.2, -0.15) is 18.2 Å². The van der Waals surface area contributed by atoms with E-state index in [4.69, 9.17) is 47.8 Å². The number of hydrogen-bond donors (Lipinski definition) is 3. The number of fused-ring (bicyclic) bond motifs is 1. The van der Waals surface area contributed by atoms with Crippen molar-refractivity contribution < 1.29 is 36.6 Å². The van der Waals surface area contributed by atoms with Gasteiger partial charge >= 0.3 is 12.1 Å². The lowest BCUT2D eigenvalue weighted by Gasteiger charge is -2.24. The summed E-state index contributed by atoms with van der Waals surface area (Å²) in [6.45, 7) is 5.17. The molecule has 0 spiro atoms. The first kappa shape index (κ1) is 33.1. The van der Waals surface area contributed by atoms with Crippen molar-refractivity contribution in [2.24, 2.45) is 5.92 Å². The van der Waals surface area contributed by atoms with Crippen molar-refractivity contribution in [1.29, 1.82) is 0 Å². The number of carboxylic acid groups (broad SMARTS) is 1. The van der Waals surface area contributed by atoms with Crippen LogP contribution in [0.4, 0.5) is 27.9 Å². The first-order valence-corrected chi connectivity index (χ1v) is 14.2. The van der Waals surface area contributed by atoms with Gasteiger partial charge in [-0.1, -0.05) is 29.3 Å². The molecule has 0 radical (unpaired) electrons. The minimum atomic E-state index is -5.08. The zero-order valence-electron chi connectivity index (χ0n) is 23.2. The van der Waals surface area contributed by atoms with Gasteiger partial charge in [0.25, 0.3) is 0 Å². The highest BCUT2D eigenvalue weighted by Gasteiger charge is 2.38. The second-order valence-electron chi connectivity index (χ2n) is 9.76. The maximum absolute atomic E-state index is 13.6. The molecule has 3 N–H and O–H groups in total. The summed E-state index contributed by atoms with van der Waals surface area (Å²) in [6, 6.07) is 7.23. The Kier molecular flexibility index (Phi) is 10.8. The molecule has 4 aromatic rings. The Morgan fingerprint density at radius 1 is 1.16 bits per heavy atom. The van der Waals surface area contributed by atoms with Gasteiger partial charge in [0, 0.05) is 13.1 Å². The van der Waals surface area contributed by atoms with E-state index in [0.29, 0.717) is 68.9 Å². The summed E-state index contributed by atoms with van der Waals surface area (Å²) in [6.07, 6.45) is -1.29. The molecule has 3 heterocycles. The minimum Gasteiger partial charge on any atom is -0.494 e. The maximum Gasteiger partial charge on any atom is 0.490 e. The second-order valence-corrected chi connectivity index (χ2v) is 10.6. The number of nitrogens with zero attached hydrogens (tertiary/aromatic N) is 4. The Labute approximate surface area is 258 Å². The average Bonchev–Trinajstić information content (AvgIpc) is 3.30. The number of hydrogen-bond acceptors (Lipinski definition) is 7. The fourth-order valence-corrected chi connectivity index (χ4v) is 5.19. The molecule has 0 aliphatic carbocycles. The number of imidazole rings is 1. The van der Waals surface area contributed by atoms with Crippen molar-refractivity contribution >= 4 is 46.3 Å². The molecule has 9 nitrogen and oxygen atoms in total. The highest BCUT2D eigenvalue weighted by molar-refractivity contribution is 6.39. The first-order valence-electron chi connectivity index (χ1n) is 13.4. The van der Waals surface area contributed by atoms with Crippen LogP contribution in [-0.2, 0) is 17.9 Å². The van der Waals surface area contributed by atoms with Crippen LogP contribution in [0.1, 0.15) is 25.3 Å². The maximum atomic E-state index is 13.6. The molecule has 16 heteroatoms. The fourth-order valence-electron chi connectivity index (χ4n) is 4.55. The van der Waals surface area contributed by atoms with Crippen molar-refractivity contribution in [2.75, 3.05) is 25.0 Å². The Balaban J connectivity index is 0.000000566. The van der Waals surface area contributed by atoms with Gasteiger partial charge < -0.3 is 25.0 Å². The monoisotopic (exact) mass is 660 g/mol. The zero-order valence-corrected chi connectivity index (χ0v) is 24.7. The normalized spacial score (nSPS) is 15.0. The Morgan fingerprint density at radius 2 is 1.86 bits per heavy atom. The molecule has 2 aromatic heterocycles. The van der Waals surface area contributed by atoms with Gasteiger partial charge in [-0.15, -0.1) is 0 Å². The number of halogens is 7. The number of carbonyl (C=O) groups is 1. The molecule has 1 aliphatic heterocycles. The van der Waals surface area contributed by atoms with Gasteiger partial charge in [0.15, 0.2) is 17.3 Å². The highest BCUT2D eigenvalue weighted by atomic mass is 35.5. The Bertz CT molecular complexity index is 1610. The van der Waals surface area contributed by atoms with Crippen LogP contribution >= 0.6 is 23.2 Å². The van der Waals surface area contributed by atoms with E-state index in [1.165, 1.54) is 6.07 Å². The second kappa shape index (κ2) is 14.4. The standard InChI is InChI=1S/C26H26Cl2F2N6O.C2HF3O2/c1-2-37-17-9-18(27)23(19(28)10-17)25-34-22-13-33-26(32-12-15-5-6-20(29)21(30)8-15)35-24(22)36(25)14-16-4-3-7-31-11-16;3-2(4,5)1(6)7/h5-6,8-10,13,16,31H,2-4,7,11-12,14H2,1H3,(H,32,33,35);(H,6,7)/t16-;/m1./s1. The number of aliphatic carboxylic acids is 1. The summed E-state index contributed by atoms with van der Waals surface area (Å²) in [7, 11) is 0. The number of ether oxygens (including phenoxy) is 1.